The molecular formula is C29H43AgCaN6O13S. The van der Waals surface area contributed by atoms with Crippen molar-refractivity contribution in [2.75, 3.05) is 39.1 Å². The van der Waals surface area contributed by atoms with Gasteiger partial charge in [0.25, 0.3) is 0 Å². The van der Waals surface area contributed by atoms with Gasteiger partial charge in [-0.1, -0.05) is 27.7 Å². The van der Waals surface area contributed by atoms with Crippen LogP contribution in [0.15, 0.2) is 41.6 Å². The Morgan fingerprint density at radius 3 is 1.55 bits per heavy atom. The van der Waals surface area contributed by atoms with Crippen LogP contribution >= 0.6 is 0 Å². The minimum Gasteiger partial charge on any atom is -0.550 e. The van der Waals surface area contributed by atoms with Gasteiger partial charge in [-0.15, -0.1) is 0 Å². The number of methoxy groups -OCH3 is 1. The number of sulfonamides is 1. The molecule has 1 heterocycles. The second kappa shape index (κ2) is 25.4. The quantitative estimate of drug-likeness (QED) is 0.0631. The van der Waals surface area contributed by atoms with E-state index in [2.05, 4.69) is 25.3 Å². The number of aromatic nitrogens is 2. The summed E-state index contributed by atoms with van der Waals surface area (Å²) < 4.78 is 32.3. The Balaban J connectivity index is -0.000000673. The minimum absolute atomic E-state index is 0. The zero-order valence-electron chi connectivity index (χ0n) is 28.7. The number of nitrogens with one attached hydrogen (secondary N) is 2. The Hall–Kier alpha value is -2.63. The van der Waals surface area contributed by atoms with E-state index in [-0.39, 0.29) is 110 Å². The molecule has 0 spiro atoms. The molecule has 0 aliphatic heterocycles. The molecule has 2 atom stereocenters. The molecule has 0 saturated carbocycles. The molecule has 51 heavy (non-hydrogen) atoms. The molecule has 0 aliphatic rings. The summed E-state index contributed by atoms with van der Waals surface area (Å²) in [5.74, 6) is -3.68. The summed E-state index contributed by atoms with van der Waals surface area (Å²) in [5, 5.41) is 61.3. The smallest absolute Gasteiger partial charge is 0.550 e. The SMILES string of the molecule is CC(C)(CO)C(O)C(=O)NCCC(=O)[O-].CC(C)(CO)C(O)C(=O)NCCC(=O)[O-].COc1cnc([N-]S(=O)(=O)c2ccc(N)cc2)nc1.[Ag+].[Ca+2]. The second-order valence-corrected chi connectivity index (χ2v) is 13.1. The van der Waals surface area contributed by atoms with Gasteiger partial charge in [0.15, 0.2) is 0 Å². The first-order valence-corrected chi connectivity index (χ1v) is 15.8. The Labute approximate surface area is 341 Å². The number of rotatable bonds is 16. The second-order valence-electron chi connectivity index (χ2n) is 11.5. The third-order valence-electron chi connectivity index (χ3n) is 6.28. The number of nitrogens with zero attached hydrogens (tertiary/aromatic N) is 3. The van der Waals surface area contributed by atoms with Gasteiger partial charge in [-0.05, 0) is 36.7 Å². The average molecular weight is 864 g/mol. The number of anilines is 1. The Kier molecular flexibility index (Phi) is 26.2. The van der Waals surface area contributed by atoms with Crippen LogP contribution in [0.5, 0.6) is 5.75 Å². The van der Waals surface area contributed by atoms with E-state index in [0.29, 0.717) is 11.4 Å². The van der Waals surface area contributed by atoms with E-state index < -0.39 is 56.8 Å². The summed E-state index contributed by atoms with van der Waals surface area (Å²) in [6.07, 6.45) is -0.682. The van der Waals surface area contributed by atoms with E-state index >= 15 is 0 Å². The first-order chi connectivity index (χ1) is 22.6. The maximum Gasteiger partial charge on any atom is 2.00 e. The van der Waals surface area contributed by atoms with E-state index in [1.807, 2.05) is 0 Å². The number of aliphatic hydroxyl groups excluding tert-OH is 4. The first-order valence-electron chi connectivity index (χ1n) is 14.4. The van der Waals surface area contributed by atoms with Crippen molar-refractivity contribution in [3.8, 4) is 5.75 Å². The van der Waals surface area contributed by atoms with Gasteiger partial charge in [0, 0.05) is 60.3 Å². The van der Waals surface area contributed by atoms with E-state index in [1.54, 1.807) is 0 Å². The number of benzene rings is 1. The molecule has 1 aromatic heterocycles. The van der Waals surface area contributed by atoms with Crippen LogP contribution in [-0.2, 0) is 51.6 Å². The van der Waals surface area contributed by atoms with Crippen LogP contribution in [-0.4, -0.2) is 146 Å². The van der Waals surface area contributed by atoms with Crippen molar-refractivity contribution in [3.63, 3.8) is 0 Å². The van der Waals surface area contributed by atoms with Gasteiger partial charge in [0.2, 0.25) is 21.8 Å². The van der Waals surface area contributed by atoms with Crippen LogP contribution in [0.2, 0.25) is 0 Å². The Morgan fingerprint density at radius 2 is 1.24 bits per heavy atom. The van der Waals surface area contributed by atoms with Crippen molar-refractivity contribution in [3.05, 3.63) is 41.4 Å². The molecule has 2 unspecified atom stereocenters. The van der Waals surface area contributed by atoms with Crippen LogP contribution in [0.4, 0.5) is 11.6 Å². The number of aliphatic carboxylic acids is 2. The third kappa shape index (κ3) is 20.9. The molecular weight excluding hydrogens is 820 g/mol. The van der Waals surface area contributed by atoms with Gasteiger partial charge in [-0.2, -0.15) is 0 Å². The van der Waals surface area contributed by atoms with Crippen molar-refractivity contribution in [1.82, 2.24) is 20.6 Å². The molecule has 0 bridgehead atoms. The number of carbonyl (C=O) groups excluding carboxylic acids is 4. The van der Waals surface area contributed by atoms with Crippen LogP contribution in [0.3, 0.4) is 0 Å². The number of nitrogen functional groups attached to an aromatic ring is 1. The van der Waals surface area contributed by atoms with Crippen molar-refractivity contribution < 1.29 is 85.4 Å². The van der Waals surface area contributed by atoms with Gasteiger partial charge in [0.1, 0.15) is 18.0 Å². The predicted molar refractivity (Wildman–Crippen MR) is 174 cm³/mol. The molecule has 19 nitrogen and oxygen atoms in total. The fourth-order valence-electron chi connectivity index (χ4n) is 2.91. The molecule has 0 saturated heterocycles. The molecule has 2 rings (SSSR count). The number of amides is 2. The minimum atomic E-state index is -3.85. The molecule has 8 N–H and O–H groups in total. The molecule has 0 radical (unpaired) electrons. The Morgan fingerprint density at radius 1 is 0.863 bits per heavy atom. The number of ether oxygens (including phenoxy) is 1. The van der Waals surface area contributed by atoms with E-state index in [1.165, 1.54) is 71.5 Å². The van der Waals surface area contributed by atoms with Crippen molar-refractivity contribution in [1.29, 1.82) is 0 Å². The zero-order chi connectivity index (χ0) is 38.0. The first kappa shape index (κ1) is 52.7. The summed E-state index contributed by atoms with van der Waals surface area (Å²) >= 11 is 0. The maximum atomic E-state index is 11.9. The van der Waals surface area contributed by atoms with Gasteiger partial charge in [-0.3, -0.25) is 14.3 Å². The molecule has 0 aliphatic carbocycles. The van der Waals surface area contributed by atoms with Crippen LogP contribution in [0.25, 0.3) is 4.72 Å². The van der Waals surface area contributed by atoms with Crippen molar-refractivity contribution in [2.24, 2.45) is 10.8 Å². The summed E-state index contributed by atoms with van der Waals surface area (Å²) in [7, 11) is -2.39. The van der Waals surface area contributed by atoms with Gasteiger partial charge in [-0.25, -0.2) is 8.42 Å². The van der Waals surface area contributed by atoms with Gasteiger partial charge in [0.05, 0.1) is 25.2 Å². The topological polar surface area (TPSA) is 329 Å². The number of carbonyl (C=O) groups is 4. The van der Waals surface area contributed by atoms with Crippen LogP contribution in [0.1, 0.15) is 40.5 Å². The monoisotopic (exact) mass is 862 g/mol. The van der Waals surface area contributed by atoms with Crippen molar-refractivity contribution >= 4 is 83.2 Å². The molecule has 22 heteroatoms. The molecule has 2 aromatic rings. The standard InChI is InChI=1S/C11H11N4O3S.2C9H17NO5.Ag.Ca/c1-18-9-6-13-11(14-7-9)15-19(16,17)10-4-2-8(12)3-5-10;2*1-9(2,5-11)7(14)8(15)10-4-3-6(12)13;;/h2-7H,12H2,1H3;2*7,11,14H,3-5H2,1-2H3,(H,10,15)(H,12,13);;/q-1;;;+1;+2/p-2. The zero-order valence-corrected chi connectivity index (χ0v) is 33.2. The fourth-order valence-corrected chi connectivity index (χ4v) is 3.81. The molecule has 0 fully saturated rings. The predicted octanol–water partition coefficient (Wildman–Crippen LogP) is -3.68. The number of nitrogens with two attached hydrogens (primary N) is 1. The number of aliphatic hydroxyl groups is 4. The molecule has 286 valence electrons. The van der Waals surface area contributed by atoms with Crippen LogP contribution < -0.4 is 31.3 Å². The summed E-state index contributed by atoms with van der Waals surface area (Å²) in [6, 6.07) is 5.71. The molecule has 1 aromatic carbocycles. The van der Waals surface area contributed by atoms with E-state index in [9.17, 15) is 48.0 Å². The Bertz CT molecular complexity index is 1420. The van der Waals surface area contributed by atoms with E-state index in [4.69, 9.17) is 20.7 Å². The largest absolute Gasteiger partial charge is 2.00 e. The number of carboxylic acids is 2. The maximum absolute atomic E-state index is 11.9. The van der Waals surface area contributed by atoms with Gasteiger partial charge < -0.3 is 71.3 Å². The number of carboxylic acid groups (broad SMARTS) is 2. The van der Waals surface area contributed by atoms with Crippen LogP contribution in [0, 0.1) is 10.8 Å². The summed E-state index contributed by atoms with van der Waals surface area (Å²) in [6.45, 7) is 5.21. The average Bonchev–Trinajstić information content (AvgIpc) is 3.04. The normalized spacial score (nSPS) is 11.9. The summed E-state index contributed by atoms with van der Waals surface area (Å²) in [4.78, 5) is 50.1. The van der Waals surface area contributed by atoms with Gasteiger partial charge >= 0.3 is 60.1 Å². The third-order valence-corrected chi connectivity index (χ3v) is 7.55. The summed E-state index contributed by atoms with van der Waals surface area (Å²) in [5.41, 5.74) is 4.06. The van der Waals surface area contributed by atoms with Crippen molar-refractivity contribution in [2.45, 2.75) is 57.6 Å². The molecule has 2 amide bonds. The number of hydrogen-bond donors (Lipinski definition) is 7. The van der Waals surface area contributed by atoms with E-state index in [0.717, 1.165) is 0 Å². The number of hydrogen-bond acceptors (Lipinski definition) is 16. The fraction of sp³-hybridized carbons (Fsp3) is 0.517.